The lowest BCUT2D eigenvalue weighted by atomic mass is 9.55. The molecule has 0 radical (unpaired) electrons. The van der Waals surface area contributed by atoms with Crippen molar-refractivity contribution in [3.05, 3.63) is 0 Å². The molecule has 0 amide bonds. The summed E-state index contributed by atoms with van der Waals surface area (Å²) in [6.07, 6.45) is 22.3. The van der Waals surface area contributed by atoms with Crippen LogP contribution in [0.2, 0.25) is 0 Å². The summed E-state index contributed by atoms with van der Waals surface area (Å²) in [4.78, 5) is 0. The molecule has 26 heavy (non-hydrogen) atoms. The smallest absolute Gasteiger partial charge is 0.00644 e. The third kappa shape index (κ3) is 2.19. The Balaban J connectivity index is 1.44. The standard InChI is InChI=1S/C24H40NP/c1-2-3-4-26(25,23-11-17-5-18(12-23)7-19(6-17)13-23)24-14-20-8-21(15-24)10-22(9-20)16-24/h17-22,25H,2-16H2,1H3. The number of nitrogens with one attached hydrogen (secondary N) is 1. The van der Waals surface area contributed by atoms with E-state index in [1.54, 1.807) is 38.5 Å². The zero-order valence-electron chi connectivity index (χ0n) is 17.0. The van der Waals surface area contributed by atoms with Crippen LogP contribution in [-0.2, 0) is 0 Å². The normalized spacial score (nSPS) is 56.0. The van der Waals surface area contributed by atoms with Crippen LogP contribution in [0.1, 0.15) is 96.8 Å². The number of hydrogen-bond donors (Lipinski definition) is 1. The second kappa shape index (κ2) is 5.64. The zero-order valence-corrected chi connectivity index (χ0v) is 17.9. The first-order valence-electron chi connectivity index (χ1n) is 12.2. The van der Waals surface area contributed by atoms with Crippen molar-refractivity contribution in [2.24, 2.45) is 35.5 Å². The maximum absolute atomic E-state index is 10.5. The van der Waals surface area contributed by atoms with Gasteiger partial charge >= 0.3 is 0 Å². The first-order valence-corrected chi connectivity index (χ1v) is 14.1. The molecule has 0 aromatic rings. The molecule has 8 saturated carbocycles. The molecule has 0 unspecified atom stereocenters. The fourth-order valence-electron chi connectivity index (χ4n) is 10.4. The number of hydrogen-bond acceptors (Lipinski definition) is 1. The lowest BCUT2D eigenvalue weighted by Crippen LogP contribution is -2.58. The van der Waals surface area contributed by atoms with Gasteiger partial charge in [0.15, 0.2) is 0 Å². The molecule has 0 aliphatic heterocycles. The van der Waals surface area contributed by atoms with Crippen LogP contribution < -0.4 is 0 Å². The van der Waals surface area contributed by atoms with E-state index >= 15 is 0 Å². The van der Waals surface area contributed by atoms with E-state index < -0.39 is 7.05 Å². The van der Waals surface area contributed by atoms with Gasteiger partial charge in [0.1, 0.15) is 0 Å². The summed E-state index contributed by atoms with van der Waals surface area (Å²) in [5.74, 6) is 6.18. The second-order valence-corrected chi connectivity index (χ2v) is 16.1. The van der Waals surface area contributed by atoms with E-state index in [4.69, 9.17) is 0 Å². The molecule has 0 aromatic carbocycles. The Morgan fingerprint density at radius 1 is 0.654 bits per heavy atom. The van der Waals surface area contributed by atoms with Gasteiger partial charge in [-0.3, -0.25) is 0 Å². The Morgan fingerprint density at radius 3 is 1.23 bits per heavy atom. The van der Waals surface area contributed by atoms with Crippen LogP contribution in [0.25, 0.3) is 0 Å². The summed E-state index contributed by atoms with van der Waals surface area (Å²) in [6.45, 7) is 2.38. The maximum Gasteiger partial charge on any atom is 0.00644 e. The minimum Gasteiger partial charge on any atom is -0.317 e. The van der Waals surface area contributed by atoms with Gasteiger partial charge in [0.05, 0.1) is 0 Å². The van der Waals surface area contributed by atoms with Crippen molar-refractivity contribution in [2.75, 3.05) is 6.16 Å². The Morgan fingerprint density at radius 2 is 0.962 bits per heavy atom. The van der Waals surface area contributed by atoms with Crippen molar-refractivity contribution in [1.82, 2.24) is 0 Å². The van der Waals surface area contributed by atoms with Crippen molar-refractivity contribution in [3.63, 3.8) is 0 Å². The van der Waals surface area contributed by atoms with Crippen molar-refractivity contribution < 1.29 is 0 Å². The van der Waals surface area contributed by atoms with E-state index in [1.165, 1.54) is 57.5 Å². The van der Waals surface area contributed by atoms with Gasteiger partial charge in [-0.2, -0.15) is 0 Å². The predicted octanol–water partition coefficient (Wildman–Crippen LogP) is 7.50. The molecule has 1 N–H and O–H groups in total. The van der Waals surface area contributed by atoms with E-state index in [2.05, 4.69) is 6.92 Å². The molecule has 1 nitrogen and oxygen atoms in total. The average Bonchev–Trinajstić information content (AvgIpc) is 2.57. The van der Waals surface area contributed by atoms with E-state index in [0.29, 0.717) is 10.3 Å². The molecule has 8 rings (SSSR count). The molecule has 8 fully saturated rings. The zero-order chi connectivity index (χ0) is 17.6. The minimum atomic E-state index is -1.63. The van der Waals surface area contributed by atoms with E-state index in [-0.39, 0.29) is 0 Å². The molecule has 8 aliphatic rings. The Hall–Kier alpha value is 0.230. The van der Waals surface area contributed by atoms with Crippen molar-refractivity contribution in [2.45, 2.75) is 107 Å². The largest absolute Gasteiger partial charge is 0.317 e. The van der Waals surface area contributed by atoms with Gasteiger partial charge < -0.3 is 5.16 Å². The molecule has 146 valence electrons. The Bertz CT molecular complexity index is 516. The highest BCUT2D eigenvalue weighted by molar-refractivity contribution is 7.68. The second-order valence-electron chi connectivity index (χ2n) is 12.2. The summed E-state index contributed by atoms with van der Waals surface area (Å²) in [6, 6.07) is 0. The summed E-state index contributed by atoms with van der Waals surface area (Å²) in [7, 11) is -1.63. The highest BCUT2D eigenvalue weighted by atomic mass is 31.2. The van der Waals surface area contributed by atoms with Gasteiger partial charge in [0.2, 0.25) is 0 Å². The van der Waals surface area contributed by atoms with Crippen molar-refractivity contribution in [1.29, 1.82) is 5.16 Å². The lowest BCUT2D eigenvalue weighted by Gasteiger charge is -2.69. The van der Waals surface area contributed by atoms with Gasteiger partial charge in [-0.1, -0.05) is 13.3 Å². The molecule has 8 aliphatic carbocycles. The topological polar surface area (TPSA) is 23.9 Å². The highest BCUT2D eigenvalue weighted by Crippen LogP contribution is 2.83. The van der Waals surface area contributed by atoms with Crippen molar-refractivity contribution in [3.8, 4) is 0 Å². The summed E-state index contributed by atoms with van der Waals surface area (Å²) < 4.78 is 0. The average molecular weight is 374 g/mol. The van der Waals surface area contributed by atoms with Crippen LogP contribution in [0.15, 0.2) is 0 Å². The molecular weight excluding hydrogens is 333 g/mol. The molecule has 0 atom stereocenters. The maximum atomic E-state index is 10.5. The molecule has 2 heteroatoms. The SMILES string of the molecule is CCCCP(=N)(C12CC3CC(CC(C3)C1)C2)C12CC3CC(CC(C3)C1)C2. The quantitative estimate of drug-likeness (QED) is 0.482. The number of unbranched alkanes of at least 4 members (excludes halogenated alkanes) is 1. The fraction of sp³-hybridized carbons (Fsp3) is 1.00. The third-order valence-electron chi connectivity index (χ3n) is 10.5. The Kier molecular flexibility index (Phi) is 3.72. The van der Waals surface area contributed by atoms with E-state index in [1.807, 2.05) is 0 Å². The predicted molar refractivity (Wildman–Crippen MR) is 111 cm³/mol. The monoisotopic (exact) mass is 373 g/mol. The van der Waals surface area contributed by atoms with Gasteiger partial charge in [-0.05, 0) is 132 Å². The fourth-order valence-corrected chi connectivity index (χ4v) is 16.6. The van der Waals surface area contributed by atoms with Crippen LogP contribution in [0.3, 0.4) is 0 Å². The molecular formula is C24H40NP. The Labute approximate surface area is 161 Å². The van der Waals surface area contributed by atoms with Gasteiger partial charge in [0.25, 0.3) is 0 Å². The minimum absolute atomic E-state index is 0.530. The first-order chi connectivity index (χ1) is 12.5. The summed E-state index contributed by atoms with van der Waals surface area (Å²) in [5, 5.41) is 11.5. The van der Waals surface area contributed by atoms with Crippen LogP contribution in [0.4, 0.5) is 0 Å². The van der Waals surface area contributed by atoms with Crippen molar-refractivity contribution >= 4 is 7.05 Å². The van der Waals surface area contributed by atoms with Crippen LogP contribution in [0.5, 0.6) is 0 Å². The van der Waals surface area contributed by atoms with Gasteiger partial charge in [0, 0.05) is 10.3 Å². The third-order valence-corrected chi connectivity index (χ3v) is 15.8. The number of rotatable bonds is 5. The van der Waals surface area contributed by atoms with Crippen LogP contribution in [-0.4, -0.2) is 16.5 Å². The van der Waals surface area contributed by atoms with Gasteiger partial charge in [-0.15, -0.1) is 0 Å². The van der Waals surface area contributed by atoms with E-state index in [0.717, 1.165) is 35.5 Å². The molecule has 0 spiro atoms. The van der Waals surface area contributed by atoms with E-state index in [9.17, 15) is 5.16 Å². The summed E-state index contributed by atoms with van der Waals surface area (Å²) in [5.41, 5.74) is 0. The molecule has 0 heterocycles. The lowest BCUT2D eigenvalue weighted by molar-refractivity contribution is 0.0166. The van der Waals surface area contributed by atoms with Crippen LogP contribution >= 0.6 is 7.05 Å². The first kappa shape index (κ1) is 17.1. The summed E-state index contributed by atoms with van der Waals surface area (Å²) >= 11 is 0. The highest BCUT2D eigenvalue weighted by Gasteiger charge is 2.65. The molecule has 8 bridgehead atoms. The van der Waals surface area contributed by atoms with Gasteiger partial charge in [-0.25, -0.2) is 0 Å². The van der Waals surface area contributed by atoms with Crippen LogP contribution in [0, 0.1) is 40.7 Å². The molecule has 0 saturated heterocycles. The molecule has 0 aromatic heterocycles.